The molecule has 0 saturated heterocycles. The van der Waals surface area contributed by atoms with E-state index < -0.39 is 12.0 Å². The molecule has 1 aliphatic carbocycles. The van der Waals surface area contributed by atoms with E-state index in [0.717, 1.165) is 25.7 Å². The van der Waals surface area contributed by atoms with Gasteiger partial charge in [0.15, 0.2) is 5.69 Å². The average molecular weight is 265 g/mol. The number of hydrogen-bond acceptors (Lipinski definition) is 3. The fourth-order valence-corrected chi connectivity index (χ4v) is 2.36. The van der Waals surface area contributed by atoms with Crippen molar-refractivity contribution < 1.29 is 14.7 Å². The van der Waals surface area contributed by atoms with Gasteiger partial charge < -0.3 is 10.4 Å². The highest BCUT2D eigenvalue weighted by molar-refractivity contribution is 5.85. The molecule has 2 N–H and O–H groups in total. The summed E-state index contributed by atoms with van der Waals surface area (Å²) in [6.45, 7) is 1.72. The number of nitrogens with zero attached hydrogens (tertiary/aromatic N) is 2. The number of carbonyl (C=O) groups excluding carboxylic acids is 1. The Morgan fingerprint density at radius 2 is 2.11 bits per heavy atom. The Labute approximate surface area is 111 Å². The molecule has 0 aromatic carbocycles. The molecule has 0 aliphatic heterocycles. The van der Waals surface area contributed by atoms with Crippen LogP contribution in [0.3, 0.4) is 0 Å². The minimum absolute atomic E-state index is 0.0442. The Bertz CT molecular complexity index is 463. The molecular formula is C13H19N3O3. The molecule has 0 spiro atoms. The molecule has 1 aromatic heterocycles. The summed E-state index contributed by atoms with van der Waals surface area (Å²) in [5.74, 6) is -1.19. The zero-order chi connectivity index (χ0) is 13.8. The van der Waals surface area contributed by atoms with Crippen molar-refractivity contribution in [3.05, 3.63) is 18.0 Å². The molecule has 19 heavy (non-hydrogen) atoms. The van der Waals surface area contributed by atoms with Gasteiger partial charge in [-0.25, -0.2) is 4.79 Å². The van der Waals surface area contributed by atoms with Crippen LogP contribution in [0.5, 0.6) is 0 Å². The molecule has 0 bridgehead atoms. The Balaban J connectivity index is 1.95. The average Bonchev–Trinajstić information content (AvgIpc) is 2.88. The van der Waals surface area contributed by atoms with Crippen LogP contribution in [-0.4, -0.2) is 32.8 Å². The Morgan fingerprint density at radius 3 is 2.68 bits per heavy atom. The van der Waals surface area contributed by atoms with Crippen LogP contribution >= 0.6 is 0 Å². The van der Waals surface area contributed by atoms with E-state index in [1.807, 2.05) is 0 Å². The van der Waals surface area contributed by atoms with Crippen molar-refractivity contribution in [3.8, 4) is 0 Å². The number of aromatic carboxylic acids is 1. The number of nitrogens with one attached hydrogen (secondary N) is 1. The SMILES string of the molecule is CC(C(=O)NC1CCCCC1)n1ccc(C(=O)O)n1. The molecule has 1 amide bonds. The minimum atomic E-state index is -1.08. The predicted molar refractivity (Wildman–Crippen MR) is 68.9 cm³/mol. The fourth-order valence-electron chi connectivity index (χ4n) is 2.36. The van der Waals surface area contributed by atoms with E-state index in [2.05, 4.69) is 10.4 Å². The lowest BCUT2D eigenvalue weighted by atomic mass is 9.95. The highest BCUT2D eigenvalue weighted by Crippen LogP contribution is 2.18. The highest BCUT2D eigenvalue weighted by atomic mass is 16.4. The number of rotatable bonds is 4. The number of carbonyl (C=O) groups is 2. The summed E-state index contributed by atoms with van der Waals surface area (Å²) in [6, 6.07) is 1.15. The van der Waals surface area contributed by atoms with Crippen molar-refractivity contribution >= 4 is 11.9 Å². The first kappa shape index (κ1) is 13.6. The highest BCUT2D eigenvalue weighted by Gasteiger charge is 2.21. The molecule has 6 heteroatoms. The third kappa shape index (κ3) is 3.33. The Kier molecular flexibility index (Phi) is 4.19. The van der Waals surface area contributed by atoms with Crippen molar-refractivity contribution in [2.75, 3.05) is 0 Å². The van der Waals surface area contributed by atoms with Crippen LogP contribution < -0.4 is 5.32 Å². The second-order valence-corrected chi connectivity index (χ2v) is 5.01. The third-order valence-electron chi connectivity index (χ3n) is 3.56. The molecule has 1 saturated carbocycles. The van der Waals surface area contributed by atoms with Crippen LogP contribution in [0.2, 0.25) is 0 Å². The molecule has 1 atom stereocenters. The number of carboxylic acids is 1. The molecule has 1 heterocycles. The summed E-state index contributed by atoms with van der Waals surface area (Å²) < 4.78 is 1.39. The standard InChI is InChI=1S/C13H19N3O3/c1-9(16-8-7-11(15-16)13(18)19)12(17)14-10-5-3-2-4-6-10/h7-10H,2-6H2,1H3,(H,14,17)(H,18,19). The lowest BCUT2D eigenvalue weighted by molar-refractivity contribution is -0.125. The maximum atomic E-state index is 12.1. The molecule has 0 radical (unpaired) electrons. The quantitative estimate of drug-likeness (QED) is 0.865. The van der Waals surface area contributed by atoms with E-state index in [4.69, 9.17) is 5.11 Å². The van der Waals surface area contributed by atoms with E-state index in [0.29, 0.717) is 0 Å². The second-order valence-electron chi connectivity index (χ2n) is 5.01. The van der Waals surface area contributed by atoms with Crippen LogP contribution in [0.15, 0.2) is 12.3 Å². The van der Waals surface area contributed by atoms with Crippen molar-refractivity contribution in [1.29, 1.82) is 0 Å². The van der Waals surface area contributed by atoms with E-state index in [-0.39, 0.29) is 17.6 Å². The molecule has 1 unspecified atom stereocenters. The van der Waals surface area contributed by atoms with Crippen LogP contribution in [0.4, 0.5) is 0 Å². The molecule has 2 rings (SSSR count). The van der Waals surface area contributed by atoms with Gasteiger partial charge in [0.25, 0.3) is 0 Å². The molecule has 104 valence electrons. The van der Waals surface area contributed by atoms with Gasteiger partial charge in [0.2, 0.25) is 5.91 Å². The predicted octanol–water partition coefficient (Wildman–Crippen LogP) is 1.59. The monoisotopic (exact) mass is 265 g/mol. The summed E-state index contributed by atoms with van der Waals surface area (Å²) in [7, 11) is 0. The van der Waals surface area contributed by atoms with Crippen molar-refractivity contribution in [1.82, 2.24) is 15.1 Å². The first-order chi connectivity index (χ1) is 9.08. The van der Waals surface area contributed by atoms with Gasteiger partial charge in [-0.1, -0.05) is 19.3 Å². The zero-order valence-corrected chi connectivity index (χ0v) is 11.0. The van der Waals surface area contributed by atoms with Gasteiger partial charge in [-0.2, -0.15) is 5.10 Å². The van der Waals surface area contributed by atoms with Gasteiger partial charge >= 0.3 is 5.97 Å². The molecule has 1 fully saturated rings. The lowest BCUT2D eigenvalue weighted by Gasteiger charge is -2.24. The maximum absolute atomic E-state index is 12.1. The van der Waals surface area contributed by atoms with Crippen LogP contribution in [0.25, 0.3) is 0 Å². The Hall–Kier alpha value is -1.85. The Morgan fingerprint density at radius 1 is 1.42 bits per heavy atom. The van der Waals surface area contributed by atoms with E-state index in [1.54, 1.807) is 6.92 Å². The van der Waals surface area contributed by atoms with Gasteiger partial charge in [-0.15, -0.1) is 0 Å². The number of amides is 1. The number of hydrogen-bond donors (Lipinski definition) is 2. The van der Waals surface area contributed by atoms with Crippen molar-refractivity contribution in [2.45, 2.75) is 51.1 Å². The maximum Gasteiger partial charge on any atom is 0.356 e. The second kappa shape index (κ2) is 5.86. The van der Waals surface area contributed by atoms with Gasteiger partial charge in [-0.05, 0) is 25.8 Å². The van der Waals surface area contributed by atoms with E-state index in [1.165, 1.54) is 23.4 Å². The van der Waals surface area contributed by atoms with Gasteiger partial charge in [0.05, 0.1) is 0 Å². The normalized spacial score (nSPS) is 17.9. The summed E-state index contributed by atoms with van der Waals surface area (Å²) in [6.07, 6.45) is 7.13. The topological polar surface area (TPSA) is 84.2 Å². The molecular weight excluding hydrogens is 246 g/mol. The van der Waals surface area contributed by atoms with E-state index >= 15 is 0 Å². The molecule has 1 aromatic rings. The van der Waals surface area contributed by atoms with Crippen LogP contribution in [0, 0.1) is 0 Å². The van der Waals surface area contributed by atoms with Gasteiger partial charge in [-0.3, -0.25) is 9.48 Å². The van der Waals surface area contributed by atoms with E-state index in [9.17, 15) is 9.59 Å². The van der Waals surface area contributed by atoms with Crippen LogP contribution in [0.1, 0.15) is 55.6 Å². The van der Waals surface area contributed by atoms with Gasteiger partial charge in [0, 0.05) is 12.2 Å². The summed E-state index contributed by atoms with van der Waals surface area (Å²) in [5, 5.41) is 15.7. The number of carboxylic acid groups (broad SMARTS) is 1. The third-order valence-corrected chi connectivity index (χ3v) is 3.56. The van der Waals surface area contributed by atoms with Crippen LogP contribution in [-0.2, 0) is 4.79 Å². The summed E-state index contributed by atoms with van der Waals surface area (Å²) >= 11 is 0. The molecule has 1 aliphatic rings. The summed E-state index contributed by atoms with van der Waals surface area (Å²) in [5.41, 5.74) is -0.0442. The molecule has 6 nitrogen and oxygen atoms in total. The fraction of sp³-hybridized carbons (Fsp3) is 0.615. The largest absolute Gasteiger partial charge is 0.476 e. The zero-order valence-electron chi connectivity index (χ0n) is 11.0. The first-order valence-corrected chi connectivity index (χ1v) is 6.67. The first-order valence-electron chi connectivity index (χ1n) is 6.67. The number of aromatic nitrogens is 2. The van der Waals surface area contributed by atoms with Crippen molar-refractivity contribution in [3.63, 3.8) is 0 Å². The summed E-state index contributed by atoms with van der Waals surface area (Å²) in [4.78, 5) is 22.8. The lowest BCUT2D eigenvalue weighted by Crippen LogP contribution is -2.40. The van der Waals surface area contributed by atoms with Gasteiger partial charge in [0.1, 0.15) is 6.04 Å². The minimum Gasteiger partial charge on any atom is -0.476 e. The smallest absolute Gasteiger partial charge is 0.356 e. The van der Waals surface area contributed by atoms with Crippen molar-refractivity contribution in [2.24, 2.45) is 0 Å².